The minimum atomic E-state index is -0.670. The number of para-hydroxylation sites is 1. The van der Waals surface area contributed by atoms with E-state index in [-0.39, 0.29) is 24.8 Å². The van der Waals surface area contributed by atoms with Gasteiger partial charge in [0.15, 0.2) is 0 Å². The van der Waals surface area contributed by atoms with Crippen molar-refractivity contribution in [2.75, 3.05) is 19.7 Å². The molecule has 1 spiro atoms. The van der Waals surface area contributed by atoms with E-state index in [2.05, 4.69) is 26.5 Å². The minimum Gasteiger partial charge on any atom is -0.492 e. The fraction of sp³-hybridized carbons (Fsp3) is 0.407. The molecule has 37 heavy (non-hydrogen) atoms. The topological polar surface area (TPSA) is 128 Å². The number of likely N-dealkylation sites (tertiary alicyclic amines) is 1. The average molecular weight is 502 g/mol. The SMILES string of the molecule is O=C1CCC(N2Cc3c(ccc4c3OCC43CCN(Cc4cccc5cn[nH]c45)CC3O)C2=O)C(=O)N1. The molecule has 190 valence electrons. The lowest BCUT2D eigenvalue weighted by molar-refractivity contribution is -0.136. The van der Waals surface area contributed by atoms with E-state index in [1.807, 2.05) is 24.4 Å². The Labute approximate surface area is 212 Å². The molecular weight excluding hydrogens is 474 g/mol. The zero-order valence-corrected chi connectivity index (χ0v) is 20.2. The average Bonchev–Trinajstić information content (AvgIpc) is 3.59. The van der Waals surface area contributed by atoms with Crippen LogP contribution in [0.25, 0.3) is 10.9 Å². The molecule has 0 radical (unpaired) electrons. The first kappa shape index (κ1) is 22.4. The van der Waals surface area contributed by atoms with Gasteiger partial charge in [-0.25, -0.2) is 0 Å². The number of benzene rings is 2. The molecule has 2 fully saturated rings. The largest absolute Gasteiger partial charge is 0.492 e. The third kappa shape index (κ3) is 3.32. The molecular formula is C27H27N5O5. The summed E-state index contributed by atoms with van der Waals surface area (Å²) in [7, 11) is 0. The van der Waals surface area contributed by atoms with Gasteiger partial charge in [-0.1, -0.05) is 24.3 Å². The second-order valence-electron chi connectivity index (χ2n) is 10.6. The molecule has 4 aliphatic rings. The van der Waals surface area contributed by atoms with Gasteiger partial charge >= 0.3 is 0 Å². The number of hydrogen-bond acceptors (Lipinski definition) is 7. The number of aromatic amines is 1. The second-order valence-corrected chi connectivity index (χ2v) is 10.6. The number of fused-ring (bicyclic) bond motifs is 5. The fourth-order valence-corrected chi connectivity index (χ4v) is 6.51. The molecule has 3 N–H and O–H groups in total. The number of H-pyrrole nitrogens is 1. The quantitative estimate of drug-likeness (QED) is 0.461. The Hall–Kier alpha value is -3.76. The van der Waals surface area contributed by atoms with Crippen LogP contribution < -0.4 is 10.1 Å². The minimum absolute atomic E-state index is 0.214. The van der Waals surface area contributed by atoms with Crippen molar-refractivity contribution in [1.29, 1.82) is 0 Å². The van der Waals surface area contributed by atoms with E-state index >= 15 is 0 Å². The number of carbonyl (C=O) groups excluding carboxylic acids is 3. The molecule has 5 heterocycles. The Balaban J connectivity index is 1.12. The van der Waals surface area contributed by atoms with Crippen LogP contribution in [0.15, 0.2) is 36.5 Å². The van der Waals surface area contributed by atoms with Gasteiger partial charge in [-0.3, -0.25) is 29.7 Å². The van der Waals surface area contributed by atoms with Crippen LogP contribution in [-0.2, 0) is 28.1 Å². The summed E-state index contributed by atoms with van der Waals surface area (Å²) in [5.41, 5.74) is 3.86. The van der Waals surface area contributed by atoms with Crippen molar-refractivity contribution in [1.82, 2.24) is 25.3 Å². The number of β-amino-alcohol motifs (C(OH)–C–C–N with tert-alkyl or cyclic N) is 1. The maximum absolute atomic E-state index is 13.2. The van der Waals surface area contributed by atoms with Crippen molar-refractivity contribution in [3.05, 3.63) is 58.8 Å². The predicted molar refractivity (Wildman–Crippen MR) is 132 cm³/mol. The van der Waals surface area contributed by atoms with Crippen LogP contribution in [0, 0.1) is 0 Å². The lowest BCUT2D eigenvalue weighted by atomic mass is 9.71. The number of rotatable bonds is 3. The molecule has 3 unspecified atom stereocenters. The zero-order valence-electron chi connectivity index (χ0n) is 20.2. The second kappa shape index (κ2) is 8.12. The Morgan fingerprint density at radius 3 is 2.92 bits per heavy atom. The number of nitrogens with zero attached hydrogens (tertiary/aromatic N) is 3. The monoisotopic (exact) mass is 501 g/mol. The molecule has 4 aliphatic heterocycles. The number of imide groups is 1. The standard InChI is InChI=1S/C27H27N5O5/c33-21-13-31(11-16-3-1-2-15-10-28-30-23(15)16)9-8-27(21)14-37-24-18-12-32(20-6-7-22(34)29-25(20)35)26(36)17(18)4-5-19(24)27/h1-5,10,20-21,33H,6-9,11-14H2,(H,28,30)(H,29,34,35). The smallest absolute Gasteiger partial charge is 0.255 e. The number of hydrogen-bond donors (Lipinski definition) is 3. The first-order valence-electron chi connectivity index (χ1n) is 12.7. The fourth-order valence-electron chi connectivity index (χ4n) is 6.51. The number of amides is 3. The molecule has 0 bridgehead atoms. The van der Waals surface area contributed by atoms with Gasteiger partial charge < -0.3 is 14.7 Å². The predicted octanol–water partition coefficient (Wildman–Crippen LogP) is 1.22. The van der Waals surface area contributed by atoms with E-state index < -0.39 is 23.5 Å². The van der Waals surface area contributed by atoms with Crippen LogP contribution in [0.5, 0.6) is 5.75 Å². The number of aliphatic hydroxyl groups is 1. The summed E-state index contributed by atoms with van der Waals surface area (Å²) in [5.74, 6) is -0.297. The van der Waals surface area contributed by atoms with Gasteiger partial charge in [-0.2, -0.15) is 5.10 Å². The van der Waals surface area contributed by atoms with Crippen molar-refractivity contribution in [3.8, 4) is 5.75 Å². The summed E-state index contributed by atoms with van der Waals surface area (Å²) in [6.07, 6.45) is 2.44. The van der Waals surface area contributed by atoms with E-state index in [0.717, 1.165) is 40.6 Å². The van der Waals surface area contributed by atoms with E-state index in [9.17, 15) is 19.5 Å². The maximum Gasteiger partial charge on any atom is 0.255 e. The lowest BCUT2D eigenvalue weighted by Gasteiger charge is -2.42. The first-order valence-corrected chi connectivity index (χ1v) is 12.7. The zero-order chi connectivity index (χ0) is 25.3. The van der Waals surface area contributed by atoms with Crippen LogP contribution in [0.2, 0.25) is 0 Å². The number of aromatic nitrogens is 2. The van der Waals surface area contributed by atoms with Crippen molar-refractivity contribution in [2.24, 2.45) is 0 Å². The molecule has 3 aromatic rings. The molecule has 2 saturated heterocycles. The van der Waals surface area contributed by atoms with Crippen LogP contribution in [0.4, 0.5) is 0 Å². The van der Waals surface area contributed by atoms with Gasteiger partial charge in [0.1, 0.15) is 18.4 Å². The molecule has 7 rings (SSSR count). The highest BCUT2D eigenvalue weighted by Crippen LogP contribution is 2.49. The molecule has 3 atom stereocenters. The summed E-state index contributed by atoms with van der Waals surface area (Å²) in [4.78, 5) is 41.0. The molecule has 10 heteroatoms. The summed E-state index contributed by atoms with van der Waals surface area (Å²) in [5, 5.41) is 22.1. The van der Waals surface area contributed by atoms with Gasteiger partial charge in [-0.05, 0) is 31.0 Å². The molecule has 10 nitrogen and oxygen atoms in total. The van der Waals surface area contributed by atoms with Crippen LogP contribution >= 0.6 is 0 Å². The van der Waals surface area contributed by atoms with Gasteiger partial charge in [0.05, 0.1) is 29.8 Å². The highest BCUT2D eigenvalue weighted by atomic mass is 16.5. The van der Waals surface area contributed by atoms with Crippen molar-refractivity contribution in [3.63, 3.8) is 0 Å². The van der Waals surface area contributed by atoms with Crippen LogP contribution in [0.1, 0.15) is 46.3 Å². The van der Waals surface area contributed by atoms with Crippen LogP contribution in [0.3, 0.4) is 0 Å². The number of aliphatic hydroxyl groups excluding tert-OH is 1. The van der Waals surface area contributed by atoms with E-state index in [1.165, 1.54) is 4.90 Å². The Morgan fingerprint density at radius 1 is 1.19 bits per heavy atom. The third-order valence-electron chi connectivity index (χ3n) is 8.58. The van der Waals surface area contributed by atoms with E-state index in [1.54, 1.807) is 6.07 Å². The molecule has 0 aliphatic carbocycles. The maximum atomic E-state index is 13.2. The summed E-state index contributed by atoms with van der Waals surface area (Å²) < 4.78 is 6.21. The lowest BCUT2D eigenvalue weighted by Crippen LogP contribution is -2.54. The first-order chi connectivity index (χ1) is 17.9. The van der Waals surface area contributed by atoms with Gasteiger partial charge in [0.2, 0.25) is 11.8 Å². The van der Waals surface area contributed by atoms with Crippen molar-refractivity contribution < 1.29 is 24.2 Å². The number of piperidine rings is 2. The Morgan fingerprint density at radius 2 is 2.08 bits per heavy atom. The molecule has 3 amide bonds. The molecule has 2 aromatic carbocycles. The highest BCUT2D eigenvalue weighted by Gasteiger charge is 2.51. The van der Waals surface area contributed by atoms with Crippen molar-refractivity contribution in [2.45, 2.75) is 49.9 Å². The molecule has 0 saturated carbocycles. The van der Waals surface area contributed by atoms with Gasteiger partial charge in [-0.15, -0.1) is 0 Å². The van der Waals surface area contributed by atoms with Crippen molar-refractivity contribution >= 4 is 28.6 Å². The Kier molecular flexibility index (Phi) is 4.93. The number of nitrogens with one attached hydrogen (secondary N) is 2. The number of ether oxygens (including phenoxy) is 1. The number of carbonyl (C=O) groups is 3. The summed E-state index contributed by atoms with van der Waals surface area (Å²) in [6.45, 7) is 2.63. The third-order valence-corrected chi connectivity index (χ3v) is 8.58. The molecule has 1 aromatic heterocycles. The van der Waals surface area contributed by atoms with E-state index in [0.29, 0.717) is 37.4 Å². The summed E-state index contributed by atoms with van der Waals surface area (Å²) in [6, 6.07) is 9.18. The van der Waals surface area contributed by atoms with Crippen LogP contribution in [-0.4, -0.2) is 74.7 Å². The van der Waals surface area contributed by atoms with Gasteiger partial charge in [0, 0.05) is 41.6 Å². The summed E-state index contributed by atoms with van der Waals surface area (Å²) >= 11 is 0. The van der Waals surface area contributed by atoms with Gasteiger partial charge in [0.25, 0.3) is 5.91 Å². The Bertz CT molecular complexity index is 1470. The van der Waals surface area contributed by atoms with E-state index in [4.69, 9.17) is 4.74 Å². The normalized spacial score (nSPS) is 27.5. The highest BCUT2D eigenvalue weighted by molar-refractivity contribution is 6.05.